The Kier molecular flexibility index (Phi) is 4.67. The zero-order valence-electron chi connectivity index (χ0n) is 10.4. The lowest BCUT2D eigenvalue weighted by molar-refractivity contribution is -0.129. The number of oxime groups is 1. The van der Waals surface area contributed by atoms with E-state index in [1.54, 1.807) is 0 Å². The number of carboxylic acids is 1. The van der Waals surface area contributed by atoms with Gasteiger partial charge in [0.2, 0.25) is 11.5 Å². The number of anilines is 1. The Morgan fingerprint density at radius 2 is 2.05 bits per heavy atom. The highest BCUT2D eigenvalue weighted by Crippen LogP contribution is 2.20. The number of hydrogen-bond acceptors (Lipinski definition) is 7. The van der Waals surface area contributed by atoms with E-state index in [0.29, 0.717) is 0 Å². The van der Waals surface area contributed by atoms with Gasteiger partial charge in [-0.1, -0.05) is 18.0 Å². The Morgan fingerprint density at radius 3 is 2.58 bits per heavy atom. The normalized spacial score (nSPS) is 18.0. The predicted molar refractivity (Wildman–Crippen MR) is 71.1 cm³/mol. The van der Waals surface area contributed by atoms with Gasteiger partial charge < -0.3 is 15.7 Å². The van der Waals surface area contributed by atoms with Gasteiger partial charge in [0.05, 0.1) is 0 Å². The van der Waals surface area contributed by atoms with Gasteiger partial charge in [0.25, 0.3) is 0 Å². The summed E-state index contributed by atoms with van der Waals surface area (Å²) >= 11 is 0.932. The molecule has 0 spiro atoms. The quantitative estimate of drug-likeness (QED) is 0.494. The zero-order valence-corrected chi connectivity index (χ0v) is 11.2. The standard InChI is InChI=1S/C11H16N4O3S/c12-11-13-9(15-19-11)8(10(16)17)14-18-7-5-3-1-2-4-6-7/h7H,1-6H2,(H,16,17)(H2,12,13,15)/b14-8-. The molecule has 0 aliphatic heterocycles. The second-order valence-electron chi connectivity index (χ2n) is 4.42. The molecular weight excluding hydrogens is 268 g/mol. The molecule has 1 saturated carbocycles. The summed E-state index contributed by atoms with van der Waals surface area (Å²) in [7, 11) is 0. The average molecular weight is 284 g/mol. The summed E-state index contributed by atoms with van der Waals surface area (Å²) in [6, 6.07) is 0. The van der Waals surface area contributed by atoms with Gasteiger partial charge in [-0.15, -0.1) is 0 Å². The number of aliphatic carboxylic acids is 1. The third-order valence-corrected chi connectivity index (χ3v) is 3.49. The van der Waals surface area contributed by atoms with Crippen LogP contribution in [0.1, 0.15) is 44.3 Å². The molecule has 7 nitrogen and oxygen atoms in total. The molecule has 1 aliphatic rings. The predicted octanol–water partition coefficient (Wildman–Crippen LogP) is 1.65. The first-order chi connectivity index (χ1) is 9.16. The highest BCUT2D eigenvalue weighted by atomic mass is 32.1. The smallest absolute Gasteiger partial charge is 0.362 e. The first kappa shape index (κ1) is 13.7. The number of carbonyl (C=O) groups is 1. The van der Waals surface area contributed by atoms with Crippen molar-refractivity contribution in [1.29, 1.82) is 0 Å². The molecule has 0 radical (unpaired) electrons. The van der Waals surface area contributed by atoms with Gasteiger partial charge in [0, 0.05) is 11.5 Å². The number of hydrogen-bond donors (Lipinski definition) is 2. The fourth-order valence-electron chi connectivity index (χ4n) is 1.98. The minimum atomic E-state index is -1.22. The third-order valence-electron chi connectivity index (χ3n) is 2.95. The molecule has 0 aromatic carbocycles. The zero-order chi connectivity index (χ0) is 13.7. The third kappa shape index (κ3) is 3.88. The molecule has 1 heterocycles. The Morgan fingerprint density at radius 1 is 1.37 bits per heavy atom. The fraction of sp³-hybridized carbons (Fsp3) is 0.636. The van der Waals surface area contributed by atoms with Crippen LogP contribution in [0.2, 0.25) is 0 Å². The Bertz CT molecular complexity index is 466. The topological polar surface area (TPSA) is 111 Å². The summed E-state index contributed by atoms with van der Waals surface area (Å²) in [6.45, 7) is 0. The van der Waals surface area contributed by atoms with Crippen LogP contribution in [0.4, 0.5) is 5.13 Å². The lowest BCUT2D eigenvalue weighted by Gasteiger charge is -2.11. The van der Waals surface area contributed by atoms with Crippen molar-refractivity contribution in [3.63, 3.8) is 0 Å². The number of nitrogens with two attached hydrogens (primary N) is 1. The monoisotopic (exact) mass is 284 g/mol. The Labute approximate surface area is 114 Å². The van der Waals surface area contributed by atoms with Gasteiger partial charge in [-0.2, -0.15) is 9.36 Å². The van der Waals surface area contributed by atoms with Crippen molar-refractivity contribution in [1.82, 2.24) is 9.36 Å². The Balaban J connectivity index is 2.06. The van der Waals surface area contributed by atoms with Crippen molar-refractivity contribution >= 4 is 28.3 Å². The van der Waals surface area contributed by atoms with Crippen LogP contribution in [0, 0.1) is 0 Å². The van der Waals surface area contributed by atoms with E-state index in [4.69, 9.17) is 15.7 Å². The van der Waals surface area contributed by atoms with Gasteiger partial charge in [-0.05, 0) is 25.7 Å². The van der Waals surface area contributed by atoms with Gasteiger partial charge in [0.1, 0.15) is 6.10 Å². The van der Waals surface area contributed by atoms with Gasteiger partial charge in [0.15, 0.2) is 5.13 Å². The van der Waals surface area contributed by atoms with Crippen LogP contribution in [0.3, 0.4) is 0 Å². The summed E-state index contributed by atoms with van der Waals surface area (Å²) < 4.78 is 3.83. The maximum Gasteiger partial charge on any atom is 0.362 e. The number of aromatic nitrogens is 2. The summed E-state index contributed by atoms with van der Waals surface area (Å²) in [5.41, 5.74) is 5.14. The van der Waals surface area contributed by atoms with Gasteiger partial charge in [-0.3, -0.25) is 0 Å². The molecule has 1 aliphatic carbocycles. The molecule has 8 heteroatoms. The highest BCUT2D eigenvalue weighted by molar-refractivity contribution is 7.09. The minimum Gasteiger partial charge on any atom is -0.476 e. The van der Waals surface area contributed by atoms with E-state index in [2.05, 4.69) is 14.5 Å². The first-order valence-corrected chi connectivity index (χ1v) is 7.01. The molecule has 3 N–H and O–H groups in total. The van der Waals surface area contributed by atoms with Crippen molar-refractivity contribution in [3.8, 4) is 0 Å². The molecule has 0 unspecified atom stereocenters. The van der Waals surface area contributed by atoms with Crippen molar-refractivity contribution in [2.24, 2.45) is 5.16 Å². The summed E-state index contributed by atoms with van der Waals surface area (Å²) in [6.07, 6.45) is 6.35. The molecule has 0 amide bonds. The van der Waals surface area contributed by atoms with E-state index in [1.807, 2.05) is 0 Å². The van der Waals surface area contributed by atoms with E-state index in [9.17, 15) is 4.79 Å². The average Bonchev–Trinajstić information content (AvgIpc) is 2.64. The molecule has 2 rings (SSSR count). The lowest BCUT2D eigenvalue weighted by Crippen LogP contribution is -2.19. The molecule has 104 valence electrons. The van der Waals surface area contributed by atoms with Crippen LogP contribution in [0.15, 0.2) is 5.16 Å². The summed E-state index contributed by atoms with van der Waals surface area (Å²) in [5.74, 6) is -1.21. The van der Waals surface area contributed by atoms with Crippen molar-refractivity contribution in [2.75, 3.05) is 5.73 Å². The molecule has 1 aromatic heterocycles. The minimum absolute atomic E-state index is 0.00335. The van der Waals surface area contributed by atoms with Crippen LogP contribution >= 0.6 is 11.5 Å². The Hall–Kier alpha value is -1.70. The molecule has 1 fully saturated rings. The van der Waals surface area contributed by atoms with E-state index in [0.717, 1.165) is 37.2 Å². The van der Waals surface area contributed by atoms with Crippen molar-refractivity contribution in [2.45, 2.75) is 44.6 Å². The first-order valence-electron chi connectivity index (χ1n) is 6.23. The van der Waals surface area contributed by atoms with Crippen LogP contribution in [0.5, 0.6) is 0 Å². The van der Waals surface area contributed by atoms with Crippen LogP contribution < -0.4 is 5.73 Å². The molecule has 19 heavy (non-hydrogen) atoms. The maximum absolute atomic E-state index is 11.1. The second kappa shape index (κ2) is 6.46. The molecule has 1 aromatic rings. The van der Waals surface area contributed by atoms with Crippen LogP contribution in [-0.2, 0) is 9.63 Å². The number of rotatable bonds is 4. The van der Waals surface area contributed by atoms with Crippen LogP contribution in [0.25, 0.3) is 0 Å². The van der Waals surface area contributed by atoms with Gasteiger partial charge in [-0.25, -0.2) is 4.79 Å². The van der Waals surface area contributed by atoms with E-state index in [-0.39, 0.29) is 22.8 Å². The maximum atomic E-state index is 11.1. The summed E-state index contributed by atoms with van der Waals surface area (Å²) in [4.78, 5) is 20.3. The highest BCUT2D eigenvalue weighted by Gasteiger charge is 2.20. The molecule has 0 saturated heterocycles. The lowest BCUT2D eigenvalue weighted by atomic mass is 10.2. The van der Waals surface area contributed by atoms with Crippen LogP contribution in [-0.4, -0.2) is 32.2 Å². The number of nitrogen functional groups attached to an aromatic ring is 1. The molecular formula is C11H16N4O3S. The fourth-order valence-corrected chi connectivity index (χ4v) is 2.42. The largest absolute Gasteiger partial charge is 0.476 e. The molecule has 0 atom stereocenters. The number of carboxylic acid groups (broad SMARTS) is 1. The van der Waals surface area contributed by atoms with Crippen molar-refractivity contribution < 1.29 is 14.7 Å². The molecule has 0 bridgehead atoms. The number of nitrogens with zero attached hydrogens (tertiary/aromatic N) is 3. The second-order valence-corrected chi connectivity index (χ2v) is 5.20. The van der Waals surface area contributed by atoms with E-state index < -0.39 is 5.97 Å². The summed E-state index contributed by atoms with van der Waals surface area (Å²) in [5, 5.41) is 13.0. The van der Waals surface area contributed by atoms with Crippen molar-refractivity contribution in [3.05, 3.63) is 5.82 Å². The SMILES string of the molecule is Nc1nc(/C(=N/OC2CCCCCC2)C(=O)O)ns1. The van der Waals surface area contributed by atoms with E-state index >= 15 is 0 Å². The van der Waals surface area contributed by atoms with E-state index in [1.165, 1.54) is 12.8 Å². The van der Waals surface area contributed by atoms with Gasteiger partial charge >= 0.3 is 5.97 Å².